The van der Waals surface area contributed by atoms with Gasteiger partial charge in [-0.2, -0.15) is 0 Å². The van der Waals surface area contributed by atoms with Gasteiger partial charge in [0.25, 0.3) is 0 Å². The van der Waals surface area contributed by atoms with E-state index in [1.54, 1.807) is 7.11 Å². The Morgan fingerprint density at radius 2 is 1.83 bits per heavy atom. The summed E-state index contributed by atoms with van der Waals surface area (Å²) in [4.78, 5) is 5.06. The van der Waals surface area contributed by atoms with Gasteiger partial charge in [0.05, 0.1) is 26.0 Å². The fourth-order valence-corrected chi connectivity index (χ4v) is 3.97. The average Bonchev–Trinajstić information content (AvgIpc) is 3.24. The number of hydrogen-bond acceptors (Lipinski definition) is 3. The van der Waals surface area contributed by atoms with Crippen LogP contribution in [0.15, 0.2) is 72.9 Å². The highest BCUT2D eigenvalue weighted by Gasteiger charge is 2.16. The van der Waals surface area contributed by atoms with Crippen LogP contribution in [-0.2, 0) is 4.74 Å². The normalized spacial score (nSPS) is 14.0. The van der Waals surface area contributed by atoms with Crippen molar-refractivity contribution in [1.29, 1.82) is 0 Å². The van der Waals surface area contributed by atoms with Crippen molar-refractivity contribution in [3.8, 4) is 28.4 Å². The van der Waals surface area contributed by atoms with E-state index >= 15 is 0 Å². The topological polar surface area (TPSA) is 36.3 Å². The van der Waals surface area contributed by atoms with Gasteiger partial charge in [0, 0.05) is 29.4 Å². The Bertz CT molecular complexity index is 1250. The van der Waals surface area contributed by atoms with Gasteiger partial charge in [0.1, 0.15) is 11.6 Å². The number of methoxy groups -OCH3 is 1. The molecule has 4 heteroatoms. The number of fused-ring (bicyclic) bond motifs is 1. The second-order valence-electron chi connectivity index (χ2n) is 7.64. The Labute approximate surface area is 176 Å². The maximum absolute atomic E-state index is 5.53. The predicted octanol–water partition coefficient (Wildman–Crippen LogP) is 5.95. The number of imidazole rings is 1. The number of aryl methyl sites for hydroxylation is 1. The monoisotopic (exact) mass is 396 g/mol. The zero-order valence-electron chi connectivity index (χ0n) is 17.3. The molecular weight excluding hydrogens is 372 g/mol. The number of rotatable bonds is 4. The summed E-state index contributed by atoms with van der Waals surface area (Å²) in [6.45, 7) is 3.49. The molecular formula is C26H24N2O2. The van der Waals surface area contributed by atoms with Crippen LogP contribution < -0.4 is 4.74 Å². The van der Waals surface area contributed by atoms with Crippen LogP contribution in [0.1, 0.15) is 12.0 Å². The quantitative estimate of drug-likeness (QED) is 0.428. The van der Waals surface area contributed by atoms with Crippen molar-refractivity contribution in [2.75, 3.05) is 20.3 Å². The van der Waals surface area contributed by atoms with Gasteiger partial charge in [-0.05, 0) is 48.0 Å². The molecule has 2 heterocycles. The number of nitrogens with zero attached hydrogens (tertiary/aromatic N) is 2. The highest BCUT2D eigenvalue weighted by molar-refractivity contribution is 5.88. The molecule has 0 bridgehead atoms. The Kier molecular flexibility index (Phi) is 4.85. The Morgan fingerprint density at radius 1 is 0.967 bits per heavy atom. The van der Waals surface area contributed by atoms with Gasteiger partial charge in [-0.3, -0.25) is 0 Å². The second-order valence-corrected chi connectivity index (χ2v) is 7.64. The SMILES string of the molecule is COc1ccc2cc(-c3nc(-c4cccc(C)c4)cn3C3=CCOCC3)ccc2c1. The van der Waals surface area contributed by atoms with E-state index in [9.17, 15) is 0 Å². The summed E-state index contributed by atoms with van der Waals surface area (Å²) in [6.07, 6.45) is 5.18. The van der Waals surface area contributed by atoms with Gasteiger partial charge in [-0.15, -0.1) is 0 Å². The molecule has 0 unspecified atom stereocenters. The van der Waals surface area contributed by atoms with E-state index in [1.165, 1.54) is 16.6 Å². The minimum atomic E-state index is 0.643. The minimum Gasteiger partial charge on any atom is -0.497 e. The van der Waals surface area contributed by atoms with E-state index in [2.05, 4.69) is 78.4 Å². The number of hydrogen-bond donors (Lipinski definition) is 0. The molecule has 5 rings (SSSR count). The molecule has 4 aromatic rings. The van der Waals surface area contributed by atoms with E-state index in [0.29, 0.717) is 6.61 Å². The third-order valence-corrected chi connectivity index (χ3v) is 5.57. The Morgan fingerprint density at radius 3 is 2.63 bits per heavy atom. The highest BCUT2D eigenvalue weighted by Crippen LogP contribution is 2.32. The van der Waals surface area contributed by atoms with Crippen molar-refractivity contribution in [2.24, 2.45) is 0 Å². The summed E-state index contributed by atoms with van der Waals surface area (Å²) in [7, 11) is 1.70. The first kappa shape index (κ1) is 18.6. The summed E-state index contributed by atoms with van der Waals surface area (Å²) in [5.74, 6) is 1.82. The van der Waals surface area contributed by atoms with Crippen LogP contribution in [0.2, 0.25) is 0 Å². The van der Waals surface area contributed by atoms with Crippen LogP contribution in [0.4, 0.5) is 0 Å². The first-order valence-electron chi connectivity index (χ1n) is 10.2. The van der Waals surface area contributed by atoms with Crippen molar-refractivity contribution in [3.63, 3.8) is 0 Å². The number of benzene rings is 3. The predicted molar refractivity (Wildman–Crippen MR) is 122 cm³/mol. The molecule has 0 saturated carbocycles. The number of aromatic nitrogens is 2. The van der Waals surface area contributed by atoms with Gasteiger partial charge in [-0.1, -0.05) is 42.0 Å². The summed E-state index contributed by atoms with van der Waals surface area (Å²) < 4.78 is 13.1. The van der Waals surface area contributed by atoms with Crippen molar-refractivity contribution in [1.82, 2.24) is 9.55 Å². The van der Waals surface area contributed by atoms with E-state index in [0.717, 1.165) is 46.8 Å². The molecule has 0 aliphatic carbocycles. The van der Waals surface area contributed by atoms with Crippen LogP contribution in [0, 0.1) is 6.92 Å². The average molecular weight is 396 g/mol. The maximum Gasteiger partial charge on any atom is 0.144 e. The lowest BCUT2D eigenvalue weighted by atomic mass is 10.1. The second kappa shape index (κ2) is 7.81. The lowest BCUT2D eigenvalue weighted by molar-refractivity contribution is 0.159. The molecule has 0 amide bonds. The maximum atomic E-state index is 5.53. The van der Waals surface area contributed by atoms with Crippen molar-refractivity contribution < 1.29 is 9.47 Å². The number of ether oxygens (including phenoxy) is 2. The Balaban J connectivity index is 1.66. The molecule has 0 radical (unpaired) electrons. The van der Waals surface area contributed by atoms with Crippen molar-refractivity contribution in [3.05, 3.63) is 78.5 Å². The molecule has 1 aliphatic rings. The summed E-state index contributed by atoms with van der Waals surface area (Å²) in [6, 6.07) is 21.1. The lowest BCUT2D eigenvalue weighted by Crippen LogP contribution is -2.09. The molecule has 0 fully saturated rings. The van der Waals surface area contributed by atoms with E-state index < -0.39 is 0 Å². The molecule has 30 heavy (non-hydrogen) atoms. The van der Waals surface area contributed by atoms with E-state index in [-0.39, 0.29) is 0 Å². The van der Waals surface area contributed by atoms with Gasteiger partial charge in [-0.25, -0.2) is 4.98 Å². The van der Waals surface area contributed by atoms with Crippen molar-refractivity contribution in [2.45, 2.75) is 13.3 Å². The largest absolute Gasteiger partial charge is 0.497 e. The molecule has 0 spiro atoms. The van der Waals surface area contributed by atoms with Crippen LogP contribution in [0.3, 0.4) is 0 Å². The summed E-state index contributed by atoms with van der Waals surface area (Å²) >= 11 is 0. The van der Waals surface area contributed by atoms with Gasteiger partial charge < -0.3 is 14.0 Å². The zero-order valence-corrected chi connectivity index (χ0v) is 17.3. The standard InChI is InChI=1S/C26H24N2O2/c1-18-4-3-5-21(14-18)25-17-28(23-10-12-30-13-11-23)26(27-25)22-7-6-20-16-24(29-2)9-8-19(20)15-22/h3-10,14-17H,11-13H2,1-2H3. The third-order valence-electron chi connectivity index (χ3n) is 5.57. The molecule has 1 aliphatic heterocycles. The molecule has 3 aromatic carbocycles. The summed E-state index contributed by atoms with van der Waals surface area (Å²) in [5.41, 5.74) is 5.68. The molecule has 1 aromatic heterocycles. The molecule has 4 nitrogen and oxygen atoms in total. The third kappa shape index (κ3) is 3.51. The van der Waals surface area contributed by atoms with Gasteiger partial charge in [0.15, 0.2) is 0 Å². The summed E-state index contributed by atoms with van der Waals surface area (Å²) in [5, 5.41) is 2.32. The minimum absolute atomic E-state index is 0.643. The zero-order chi connectivity index (χ0) is 20.5. The smallest absolute Gasteiger partial charge is 0.144 e. The lowest BCUT2D eigenvalue weighted by Gasteiger charge is -2.16. The first-order chi connectivity index (χ1) is 14.7. The molecule has 150 valence electrons. The van der Waals surface area contributed by atoms with Crippen LogP contribution in [0.5, 0.6) is 5.75 Å². The fourth-order valence-electron chi connectivity index (χ4n) is 3.97. The van der Waals surface area contributed by atoms with Crippen molar-refractivity contribution >= 4 is 16.5 Å². The van der Waals surface area contributed by atoms with E-state index in [1.807, 2.05) is 6.07 Å². The molecule has 0 saturated heterocycles. The van der Waals surface area contributed by atoms with E-state index in [4.69, 9.17) is 14.5 Å². The molecule has 0 N–H and O–H groups in total. The van der Waals surface area contributed by atoms with Crippen LogP contribution in [-0.4, -0.2) is 29.9 Å². The first-order valence-corrected chi connectivity index (χ1v) is 10.2. The molecule has 0 atom stereocenters. The Hall–Kier alpha value is -3.37. The highest BCUT2D eigenvalue weighted by atomic mass is 16.5. The van der Waals surface area contributed by atoms with Crippen LogP contribution in [0.25, 0.3) is 39.1 Å². The fraction of sp³-hybridized carbons (Fsp3) is 0.192. The van der Waals surface area contributed by atoms with Crippen LogP contribution >= 0.6 is 0 Å². The van der Waals surface area contributed by atoms with Gasteiger partial charge >= 0.3 is 0 Å². The van der Waals surface area contributed by atoms with Gasteiger partial charge in [0.2, 0.25) is 0 Å².